The van der Waals surface area contributed by atoms with E-state index in [0.29, 0.717) is 6.42 Å². The molecule has 0 aromatic heterocycles. The van der Waals surface area contributed by atoms with Gasteiger partial charge in [-0.25, -0.2) is 4.79 Å². The summed E-state index contributed by atoms with van der Waals surface area (Å²) in [4.78, 5) is 23.5. The standard InChI is InChI=1S/C19H18F3NO4/c20-19(21,22)14-9-7-13(8-10-14)16(24)17(25)23-15(18(26)27)11-6-12-4-2-1-3-5-12/h1-5,7-10,15-16,24H,6,11H2,(H,23,25)(H,26,27)/t15-,16+/m0/s1. The molecule has 0 radical (unpaired) electrons. The van der Waals surface area contributed by atoms with Crippen molar-refractivity contribution in [2.45, 2.75) is 31.2 Å². The van der Waals surface area contributed by atoms with Gasteiger partial charge in [-0.2, -0.15) is 13.2 Å². The lowest BCUT2D eigenvalue weighted by Crippen LogP contribution is -2.43. The fourth-order valence-electron chi connectivity index (χ4n) is 2.47. The largest absolute Gasteiger partial charge is 0.480 e. The summed E-state index contributed by atoms with van der Waals surface area (Å²) in [7, 11) is 0. The number of hydrogen-bond acceptors (Lipinski definition) is 3. The van der Waals surface area contributed by atoms with Crippen molar-refractivity contribution in [3.05, 3.63) is 71.3 Å². The smallest absolute Gasteiger partial charge is 0.416 e. The maximum Gasteiger partial charge on any atom is 0.416 e. The molecule has 5 nitrogen and oxygen atoms in total. The van der Waals surface area contributed by atoms with Gasteiger partial charge in [-0.3, -0.25) is 4.79 Å². The SMILES string of the molecule is O=C(O)[C@H](CCc1ccccc1)NC(=O)[C@H](O)c1ccc(C(F)(F)F)cc1. The minimum Gasteiger partial charge on any atom is -0.480 e. The normalized spacial score (nSPS) is 13.6. The molecule has 0 saturated carbocycles. The minimum absolute atomic E-state index is 0.0623. The van der Waals surface area contributed by atoms with Crippen LogP contribution < -0.4 is 5.32 Å². The summed E-state index contributed by atoms with van der Waals surface area (Å²) in [5.41, 5.74) is -0.0842. The van der Waals surface area contributed by atoms with Gasteiger partial charge in [0.25, 0.3) is 5.91 Å². The number of nitrogens with one attached hydrogen (secondary N) is 1. The Morgan fingerprint density at radius 3 is 2.11 bits per heavy atom. The quantitative estimate of drug-likeness (QED) is 0.688. The zero-order valence-electron chi connectivity index (χ0n) is 14.1. The highest BCUT2D eigenvalue weighted by Gasteiger charge is 2.31. The zero-order valence-corrected chi connectivity index (χ0v) is 14.1. The van der Waals surface area contributed by atoms with E-state index in [2.05, 4.69) is 5.32 Å². The average molecular weight is 381 g/mol. The number of carbonyl (C=O) groups is 2. The number of carboxylic acid groups (broad SMARTS) is 1. The lowest BCUT2D eigenvalue weighted by atomic mass is 10.0. The van der Waals surface area contributed by atoms with Gasteiger partial charge in [-0.05, 0) is 36.1 Å². The van der Waals surface area contributed by atoms with Crippen molar-refractivity contribution < 1.29 is 33.0 Å². The predicted molar refractivity (Wildman–Crippen MR) is 90.7 cm³/mol. The van der Waals surface area contributed by atoms with Crippen molar-refractivity contribution in [1.29, 1.82) is 0 Å². The van der Waals surface area contributed by atoms with E-state index in [1.54, 1.807) is 12.1 Å². The molecule has 0 bridgehead atoms. The monoisotopic (exact) mass is 381 g/mol. The minimum atomic E-state index is -4.53. The third-order valence-corrected chi connectivity index (χ3v) is 3.98. The Balaban J connectivity index is 2.00. The first-order chi connectivity index (χ1) is 12.7. The molecule has 0 spiro atoms. The highest BCUT2D eigenvalue weighted by atomic mass is 19.4. The lowest BCUT2D eigenvalue weighted by Gasteiger charge is -2.18. The predicted octanol–water partition coefficient (Wildman–Crippen LogP) is 2.94. The van der Waals surface area contributed by atoms with Gasteiger partial charge in [-0.1, -0.05) is 42.5 Å². The second-order valence-electron chi connectivity index (χ2n) is 5.95. The number of amides is 1. The van der Waals surface area contributed by atoms with Crippen molar-refractivity contribution in [3.8, 4) is 0 Å². The molecule has 8 heteroatoms. The second kappa shape index (κ2) is 8.68. The number of rotatable bonds is 7. The number of aliphatic carboxylic acids is 1. The summed E-state index contributed by atoms with van der Waals surface area (Å²) in [6.07, 6.45) is -5.80. The Morgan fingerprint density at radius 2 is 1.59 bits per heavy atom. The molecule has 2 atom stereocenters. The van der Waals surface area contributed by atoms with Gasteiger partial charge in [0.15, 0.2) is 6.10 Å². The number of aryl methyl sites for hydroxylation is 1. The van der Waals surface area contributed by atoms with E-state index in [0.717, 1.165) is 29.8 Å². The van der Waals surface area contributed by atoms with Crippen LogP contribution in [0.2, 0.25) is 0 Å². The van der Waals surface area contributed by atoms with Gasteiger partial charge in [0.05, 0.1) is 5.56 Å². The van der Waals surface area contributed by atoms with Crippen LogP contribution in [-0.2, 0) is 22.2 Å². The Bertz CT molecular complexity index is 776. The number of halogens is 3. The molecule has 0 fully saturated rings. The van der Waals surface area contributed by atoms with Crippen LogP contribution in [0.1, 0.15) is 29.2 Å². The van der Waals surface area contributed by atoms with Gasteiger partial charge in [-0.15, -0.1) is 0 Å². The third-order valence-electron chi connectivity index (χ3n) is 3.98. The van der Waals surface area contributed by atoms with Crippen molar-refractivity contribution in [3.63, 3.8) is 0 Å². The summed E-state index contributed by atoms with van der Waals surface area (Å²) >= 11 is 0. The number of carbonyl (C=O) groups excluding carboxylic acids is 1. The van der Waals surface area contributed by atoms with Crippen molar-refractivity contribution >= 4 is 11.9 Å². The summed E-state index contributed by atoms with van der Waals surface area (Å²) in [6, 6.07) is 11.3. The number of carboxylic acids is 1. The van der Waals surface area contributed by atoms with E-state index in [4.69, 9.17) is 0 Å². The van der Waals surface area contributed by atoms with E-state index in [-0.39, 0.29) is 12.0 Å². The first-order valence-corrected chi connectivity index (χ1v) is 8.11. The van der Waals surface area contributed by atoms with Crippen LogP contribution in [0.5, 0.6) is 0 Å². The molecule has 0 saturated heterocycles. The molecule has 2 aromatic rings. The van der Waals surface area contributed by atoms with E-state index in [9.17, 15) is 33.0 Å². The van der Waals surface area contributed by atoms with Crippen LogP contribution >= 0.6 is 0 Å². The number of aliphatic hydroxyl groups excluding tert-OH is 1. The lowest BCUT2D eigenvalue weighted by molar-refractivity contribution is -0.143. The molecular weight excluding hydrogens is 363 g/mol. The fourth-order valence-corrected chi connectivity index (χ4v) is 2.47. The highest BCUT2D eigenvalue weighted by molar-refractivity contribution is 5.86. The van der Waals surface area contributed by atoms with Crippen LogP contribution in [0.4, 0.5) is 13.2 Å². The molecule has 0 unspecified atom stereocenters. The molecule has 27 heavy (non-hydrogen) atoms. The first kappa shape index (κ1) is 20.4. The topological polar surface area (TPSA) is 86.6 Å². The van der Waals surface area contributed by atoms with E-state index >= 15 is 0 Å². The Hall–Kier alpha value is -2.87. The maximum absolute atomic E-state index is 12.6. The zero-order chi connectivity index (χ0) is 20.0. The molecule has 0 aliphatic heterocycles. The molecule has 3 N–H and O–H groups in total. The van der Waals surface area contributed by atoms with Crippen LogP contribution in [0.25, 0.3) is 0 Å². The van der Waals surface area contributed by atoms with Crippen LogP contribution in [0.15, 0.2) is 54.6 Å². The Labute approximate surface area is 153 Å². The van der Waals surface area contributed by atoms with Gasteiger partial charge in [0, 0.05) is 0 Å². The highest BCUT2D eigenvalue weighted by Crippen LogP contribution is 2.30. The molecule has 0 aliphatic rings. The van der Waals surface area contributed by atoms with E-state index < -0.39 is 35.8 Å². The van der Waals surface area contributed by atoms with Crippen molar-refractivity contribution in [2.24, 2.45) is 0 Å². The van der Waals surface area contributed by atoms with E-state index in [1.165, 1.54) is 0 Å². The molecular formula is C19H18F3NO4. The van der Waals surface area contributed by atoms with Crippen LogP contribution in [-0.4, -0.2) is 28.1 Å². The summed E-state index contributed by atoms with van der Waals surface area (Å²) in [5.74, 6) is -2.26. The molecule has 0 aliphatic carbocycles. The average Bonchev–Trinajstić information content (AvgIpc) is 2.64. The van der Waals surface area contributed by atoms with Crippen LogP contribution in [0.3, 0.4) is 0 Å². The maximum atomic E-state index is 12.6. The first-order valence-electron chi connectivity index (χ1n) is 8.11. The Morgan fingerprint density at radius 1 is 1.00 bits per heavy atom. The van der Waals surface area contributed by atoms with Gasteiger partial charge in [0.1, 0.15) is 6.04 Å². The molecule has 144 valence electrons. The third kappa shape index (κ3) is 5.82. The van der Waals surface area contributed by atoms with Crippen molar-refractivity contribution in [2.75, 3.05) is 0 Å². The molecule has 0 heterocycles. The summed E-state index contributed by atoms with van der Waals surface area (Å²) < 4.78 is 37.7. The molecule has 1 amide bonds. The van der Waals surface area contributed by atoms with E-state index in [1.807, 2.05) is 18.2 Å². The van der Waals surface area contributed by atoms with Gasteiger partial charge in [0.2, 0.25) is 0 Å². The van der Waals surface area contributed by atoms with Crippen LogP contribution in [0, 0.1) is 0 Å². The van der Waals surface area contributed by atoms with Gasteiger partial charge >= 0.3 is 12.1 Å². The van der Waals surface area contributed by atoms with Gasteiger partial charge < -0.3 is 15.5 Å². The number of benzene rings is 2. The summed E-state index contributed by atoms with van der Waals surface area (Å²) in [6.45, 7) is 0. The Kier molecular flexibility index (Phi) is 6.57. The number of hydrogen-bond donors (Lipinski definition) is 3. The second-order valence-corrected chi connectivity index (χ2v) is 5.95. The van der Waals surface area contributed by atoms with Crippen molar-refractivity contribution in [1.82, 2.24) is 5.32 Å². The fraction of sp³-hybridized carbons (Fsp3) is 0.263. The number of alkyl halides is 3. The molecule has 2 aromatic carbocycles. The summed E-state index contributed by atoms with van der Waals surface area (Å²) in [5, 5.41) is 21.5. The number of aliphatic hydroxyl groups is 1. The molecule has 2 rings (SSSR count).